The maximum atomic E-state index is 12.1. The molecule has 0 bridgehead atoms. The van der Waals surface area contributed by atoms with Gasteiger partial charge in [-0.1, -0.05) is 32.1 Å². The summed E-state index contributed by atoms with van der Waals surface area (Å²) in [4.78, 5) is 12.1. The number of nitrogens with one attached hydrogen (secondary N) is 2. The molecule has 1 saturated carbocycles. The van der Waals surface area contributed by atoms with Crippen LogP contribution in [0.3, 0.4) is 0 Å². The molecule has 128 valence electrons. The van der Waals surface area contributed by atoms with Crippen LogP contribution in [-0.2, 0) is 16.7 Å². The summed E-state index contributed by atoms with van der Waals surface area (Å²) >= 11 is 1.56. The fourth-order valence-electron chi connectivity index (χ4n) is 2.78. The van der Waals surface area contributed by atoms with Gasteiger partial charge < -0.3 is 15.4 Å². The SMILES string of the molecule is CC(C)(C)c1nnc(CNC(=O)N[C@H]2CCO[C@H](C3CC3)C2)s1. The molecule has 0 unspecified atom stereocenters. The Hall–Kier alpha value is -1.21. The van der Waals surface area contributed by atoms with Crippen molar-refractivity contribution in [2.75, 3.05) is 6.61 Å². The smallest absolute Gasteiger partial charge is 0.315 e. The number of nitrogens with zero attached hydrogens (tertiary/aromatic N) is 2. The first kappa shape index (κ1) is 16.6. The molecular formula is C16H26N4O2S. The van der Waals surface area contributed by atoms with Gasteiger partial charge in [0.25, 0.3) is 0 Å². The lowest BCUT2D eigenvalue weighted by molar-refractivity contribution is -0.00914. The number of hydrogen-bond donors (Lipinski definition) is 2. The van der Waals surface area contributed by atoms with E-state index < -0.39 is 0 Å². The topological polar surface area (TPSA) is 76.1 Å². The molecule has 1 aliphatic heterocycles. The summed E-state index contributed by atoms with van der Waals surface area (Å²) in [5, 5.41) is 16.1. The number of rotatable bonds is 4. The van der Waals surface area contributed by atoms with Gasteiger partial charge in [0.15, 0.2) is 0 Å². The minimum absolute atomic E-state index is 0.00189. The van der Waals surface area contributed by atoms with E-state index >= 15 is 0 Å². The molecule has 0 spiro atoms. The van der Waals surface area contributed by atoms with Crippen molar-refractivity contribution >= 4 is 17.4 Å². The predicted molar refractivity (Wildman–Crippen MR) is 89.5 cm³/mol. The maximum absolute atomic E-state index is 12.1. The number of carbonyl (C=O) groups excluding carboxylic acids is 1. The summed E-state index contributed by atoms with van der Waals surface area (Å²) < 4.78 is 5.79. The van der Waals surface area contributed by atoms with Gasteiger partial charge in [0.2, 0.25) is 0 Å². The summed E-state index contributed by atoms with van der Waals surface area (Å²) in [6, 6.07) is 0.0906. The van der Waals surface area contributed by atoms with Crippen LogP contribution in [0.1, 0.15) is 56.5 Å². The van der Waals surface area contributed by atoms with Crippen LogP contribution in [0.25, 0.3) is 0 Å². The van der Waals surface area contributed by atoms with Crippen molar-refractivity contribution in [3.63, 3.8) is 0 Å². The lowest BCUT2D eigenvalue weighted by atomic mass is 9.98. The molecule has 2 aliphatic rings. The van der Waals surface area contributed by atoms with Crippen LogP contribution in [0.4, 0.5) is 4.79 Å². The highest BCUT2D eigenvalue weighted by Crippen LogP contribution is 2.38. The monoisotopic (exact) mass is 338 g/mol. The summed E-state index contributed by atoms with van der Waals surface area (Å²) in [6.45, 7) is 7.50. The highest BCUT2D eigenvalue weighted by molar-refractivity contribution is 7.11. The number of amides is 2. The average molecular weight is 338 g/mol. The Morgan fingerprint density at radius 2 is 2.09 bits per heavy atom. The summed E-state index contributed by atoms with van der Waals surface area (Å²) in [5.74, 6) is 0.722. The number of carbonyl (C=O) groups is 1. The first-order valence-corrected chi connectivity index (χ1v) is 9.22. The van der Waals surface area contributed by atoms with Gasteiger partial charge in [0, 0.05) is 18.1 Å². The molecule has 0 aromatic carbocycles. The number of ether oxygens (including phenoxy) is 1. The molecule has 2 N–H and O–H groups in total. The van der Waals surface area contributed by atoms with Crippen molar-refractivity contribution in [2.45, 2.75) is 70.6 Å². The van der Waals surface area contributed by atoms with Crippen LogP contribution in [-0.4, -0.2) is 35.0 Å². The van der Waals surface area contributed by atoms with E-state index in [-0.39, 0.29) is 17.5 Å². The second-order valence-electron chi connectivity index (χ2n) is 7.55. The normalized spacial score (nSPS) is 25.2. The van der Waals surface area contributed by atoms with E-state index in [2.05, 4.69) is 41.6 Å². The van der Waals surface area contributed by atoms with E-state index in [0.717, 1.165) is 35.4 Å². The molecule has 6 nitrogen and oxygen atoms in total. The maximum Gasteiger partial charge on any atom is 0.315 e. The number of urea groups is 1. The second-order valence-corrected chi connectivity index (χ2v) is 8.61. The molecule has 1 aromatic heterocycles. The Morgan fingerprint density at radius 3 is 2.74 bits per heavy atom. The van der Waals surface area contributed by atoms with Crippen LogP contribution >= 0.6 is 11.3 Å². The zero-order valence-electron chi connectivity index (χ0n) is 14.1. The Morgan fingerprint density at radius 1 is 1.30 bits per heavy atom. The molecule has 1 aliphatic carbocycles. The largest absolute Gasteiger partial charge is 0.378 e. The number of aromatic nitrogens is 2. The van der Waals surface area contributed by atoms with E-state index in [4.69, 9.17) is 4.74 Å². The standard InChI is InChI=1S/C16H26N4O2S/c1-16(2,3)14-20-19-13(23-14)9-17-15(21)18-11-6-7-22-12(8-11)10-4-5-10/h10-12H,4-9H2,1-3H3,(H2,17,18,21)/t11-,12-/m0/s1. The van der Waals surface area contributed by atoms with Crippen LogP contribution < -0.4 is 10.6 Å². The molecule has 2 atom stereocenters. The third kappa shape index (κ3) is 4.64. The number of hydrogen-bond acceptors (Lipinski definition) is 5. The van der Waals surface area contributed by atoms with Gasteiger partial charge in [0.05, 0.1) is 12.6 Å². The average Bonchev–Trinajstić information content (AvgIpc) is 3.22. The first-order valence-electron chi connectivity index (χ1n) is 8.40. The van der Waals surface area contributed by atoms with E-state index in [1.54, 1.807) is 11.3 Å². The van der Waals surface area contributed by atoms with Crippen molar-refractivity contribution < 1.29 is 9.53 Å². The van der Waals surface area contributed by atoms with Crippen LogP contribution in [0.15, 0.2) is 0 Å². The molecule has 7 heteroatoms. The molecule has 2 amide bonds. The summed E-state index contributed by atoms with van der Waals surface area (Å²) in [6.07, 6.45) is 4.72. The lowest BCUT2D eigenvalue weighted by Gasteiger charge is -2.30. The van der Waals surface area contributed by atoms with Gasteiger partial charge in [-0.15, -0.1) is 10.2 Å². The Labute approximate surface area is 141 Å². The fraction of sp³-hybridized carbons (Fsp3) is 0.812. The van der Waals surface area contributed by atoms with Crippen LogP contribution in [0, 0.1) is 5.92 Å². The van der Waals surface area contributed by atoms with Crippen molar-refractivity contribution in [2.24, 2.45) is 5.92 Å². The molecule has 0 radical (unpaired) electrons. The molecule has 2 fully saturated rings. The molecule has 1 aromatic rings. The van der Waals surface area contributed by atoms with Gasteiger partial charge >= 0.3 is 6.03 Å². The predicted octanol–water partition coefficient (Wildman–Crippen LogP) is 2.59. The molecule has 1 saturated heterocycles. The van der Waals surface area contributed by atoms with Gasteiger partial charge in [-0.2, -0.15) is 0 Å². The van der Waals surface area contributed by atoms with Crippen molar-refractivity contribution in [3.05, 3.63) is 10.0 Å². The molecular weight excluding hydrogens is 312 g/mol. The Balaban J connectivity index is 1.43. The fourth-order valence-corrected chi connectivity index (χ4v) is 3.61. The van der Waals surface area contributed by atoms with Gasteiger partial charge in [0.1, 0.15) is 10.0 Å². The Bertz CT molecular complexity index is 551. The van der Waals surface area contributed by atoms with Crippen molar-refractivity contribution in [1.82, 2.24) is 20.8 Å². The van der Waals surface area contributed by atoms with Crippen molar-refractivity contribution in [3.8, 4) is 0 Å². The summed E-state index contributed by atoms with van der Waals surface area (Å²) in [7, 11) is 0. The Kier molecular flexibility index (Phi) is 4.87. The van der Waals surface area contributed by atoms with Crippen LogP contribution in [0.5, 0.6) is 0 Å². The third-order valence-electron chi connectivity index (χ3n) is 4.31. The zero-order valence-corrected chi connectivity index (χ0v) is 14.9. The van der Waals surface area contributed by atoms with Crippen molar-refractivity contribution in [1.29, 1.82) is 0 Å². The van der Waals surface area contributed by atoms with E-state index in [0.29, 0.717) is 12.6 Å². The van der Waals surface area contributed by atoms with E-state index in [9.17, 15) is 4.79 Å². The minimum atomic E-state index is -0.126. The zero-order chi connectivity index (χ0) is 16.4. The van der Waals surface area contributed by atoms with Gasteiger partial charge in [-0.25, -0.2) is 4.79 Å². The second kappa shape index (κ2) is 6.73. The molecule has 23 heavy (non-hydrogen) atoms. The molecule has 2 heterocycles. The van der Waals surface area contributed by atoms with Gasteiger partial charge in [-0.05, 0) is 31.6 Å². The molecule has 3 rings (SSSR count). The summed E-state index contributed by atoms with van der Waals surface area (Å²) in [5.41, 5.74) is -0.00189. The highest BCUT2D eigenvalue weighted by atomic mass is 32.1. The lowest BCUT2D eigenvalue weighted by Crippen LogP contribution is -2.46. The minimum Gasteiger partial charge on any atom is -0.378 e. The highest BCUT2D eigenvalue weighted by Gasteiger charge is 2.36. The van der Waals surface area contributed by atoms with E-state index in [1.807, 2.05) is 0 Å². The first-order chi connectivity index (χ1) is 10.9. The van der Waals surface area contributed by atoms with E-state index in [1.165, 1.54) is 12.8 Å². The quantitative estimate of drug-likeness (QED) is 0.885. The van der Waals surface area contributed by atoms with Gasteiger partial charge in [-0.3, -0.25) is 0 Å². The third-order valence-corrected chi connectivity index (χ3v) is 5.66. The van der Waals surface area contributed by atoms with Crippen LogP contribution in [0.2, 0.25) is 0 Å².